The SMILES string of the molecule is CCCn1nc(C)c(N)c1Nc1cc(F)ccc1Br. The van der Waals surface area contributed by atoms with Gasteiger partial charge in [0.25, 0.3) is 0 Å². The van der Waals surface area contributed by atoms with Crippen LogP contribution in [0.4, 0.5) is 21.6 Å². The molecule has 102 valence electrons. The Morgan fingerprint density at radius 3 is 2.89 bits per heavy atom. The van der Waals surface area contributed by atoms with Crippen LogP contribution in [0.3, 0.4) is 0 Å². The van der Waals surface area contributed by atoms with E-state index in [2.05, 4.69) is 33.3 Å². The molecule has 0 fully saturated rings. The van der Waals surface area contributed by atoms with Crippen molar-refractivity contribution in [3.63, 3.8) is 0 Å². The number of anilines is 3. The van der Waals surface area contributed by atoms with Crippen molar-refractivity contribution in [3.05, 3.63) is 34.2 Å². The Morgan fingerprint density at radius 2 is 2.21 bits per heavy atom. The fraction of sp³-hybridized carbons (Fsp3) is 0.308. The Balaban J connectivity index is 2.39. The third kappa shape index (κ3) is 2.89. The summed E-state index contributed by atoms with van der Waals surface area (Å²) in [6, 6.07) is 4.47. The van der Waals surface area contributed by atoms with Gasteiger partial charge in [-0.25, -0.2) is 9.07 Å². The van der Waals surface area contributed by atoms with E-state index in [1.165, 1.54) is 12.1 Å². The van der Waals surface area contributed by atoms with Crippen molar-refractivity contribution in [3.8, 4) is 0 Å². The van der Waals surface area contributed by atoms with Gasteiger partial charge in [-0.05, 0) is 47.5 Å². The van der Waals surface area contributed by atoms with E-state index in [1.54, 1.807) is 6.07 Å². The van der Waals surface area contributed by atoms with Gasteiger partial charge in [0.1, 0.15) is 5.82 Å². The number of nitrogen functional groups attached to an aromatic ring is 1. The lowest BCUT2D eigenvalue weighted by Gasteiger charge is -2.11. The second-order valence-corrected chi connectivity index (χ2v) is 5.17. The molecule has 1 aromatic carbocycles. The van der Waals surface area contributed by atoms with E-state index >= 15 is 0 Å². The van der Waals surface area contributed by atoms with Gasteiger partial charge in [0, 0.05) is 11.0 Å². The van der Waals surface area contributed by atoms with Gasteiger partial charge in [-0.2, -0.15) is 5.10 Å². The highest BCUT2D eigenvalue weighted by Crippen LogP contribution is 2.30. The summed E-state index contributed by atoms with van der Waals surface area (Å²) >= 11 is 3.38. The van der Waals surface area contributed by atoms with Gasteiger partial charge in [0.15, 0.2) is 5.82 Å². The molecule has 19 heavy (non-hydrogen) atoms. The van der Waals surface area contributed by atoms with Gasteiger partial charge in [-0.3, -0.25) is 0 Å². The van der Waals surface area contributed by atoms with E-state index in [4.69, 9.17) is 5.73 Å². The molecule has 0 amide bonds. The van der Waals surface area contributed by atoms with Crippen molar-refractivity contribution in [1.29, 1.82) is 0 Å². The second kappa shape index (κ2) is 5.61. The number of aryl methyl sites for hydroxylation is 2. The zero-order valence-electron chi connectivity index (χ0n) is 10.9. The summed E-state index contributed by atoms with van der Waals surface area (Å²) in [6.07, 6.45) is 0.944. The monoisotopic (exact) mass is 326 g/mol. The quantitative estimate of drug-likeness (QED) is 0.897. The summed E-state index contributed by atoms with van der Waals surface area (Å²) in [5.41, 5.74) is 8.00. The van der Waals surface area contributed by atoms with E-state index < -0.39 is 0 Å². The molecule has 2 aromatic rings. The zero-order valence-corrected chi connectivity index (χ0v) is 12.5. The highest BCUT2D eigenvalue weighted by molar-refractivity contribution is 9.10. The summed E-state index contributed by atoms with van der Waals surface area (Å²) in [5.74, 6) is 0.396. The third-order valence-corrected chi connectivity index (χ3v) is 3.48. The molecule has 4 nitrogen and oxygen atoms in total. The molecule has 0 aliphatic carbocycles. The van der Waals surface area contributed by atoms with Crippen LogP contribution >= 0.6 is 15.9 Å². The van der Waals surface area contributed by atoms with Crippen LogP contribution in [0.2, 0.25) is 0 Å². The van der Waals surface area contributed by atoms with Crippen LogP contribution in [0.5, 0.6) is 0 Å². The molecule has 0 unspecified atom stereocenters. The van der Waals surface area contributed by atoms with Crippen molar-refractivity contribution < 1.29 is 4.39 Å². The van der Waals surface area contributed by atoms with E-state index in [0.717, 1.165) is 23.1 Å². The number of nitrogens with zero attached hydrogens (tertiary/aromatic N) is 2. The fourth-order valence-electron chi connectivity index (χ4n) is 1.82. The predicted octanol–water partition coefficient (Wildman–Crippen LogP) is 3.83. The van der Waals surface area contributed by atoms with Crippen LogP contribution in [0, 0.1) is 12.7 Å². The number of hydrogen-bond acceptors (Lipinski definition) is 3. The molecule has 0 saturated heterocycles. The molecule has 0 radical (unpaired) electrons. The third-order valence-electron chi connectivity index (χ3n) is 2.79. The normalized spacial score (nSPS) is 10.7. The first-order valence-corrected chi connectivity index (χ1v) is 6.87. The number of halogens is 2. The second-order valence-electron chi connectivity index (χ2n) is 4.32. The van der Waals surface area contributed by atoms with E-state index in [0.29, 0.717) is 17.2 Å². The Labute approximate surface area is 119 Å². The maximum Gasteiger partial charge on any atom is 0.152 e. The minimum absolute atomic E-state index is 0.303. The molecule has 1 aromatic heterocycles. The van der Waals surface area contributed by atoms with Crippen molar-refractivity contribution in [2.24, 2.45) is 0 Å². The van der Waals surface area contributed by atoms with Crippen LogP contribution in [-0.4, -0.2) is 9.78 Å². The molecular weight excluding hydrogens is 311 g/mol. The topological polar surface area (TPSA) is 55.9 Å². The molecule has 3 N–H and O–H groups in total. The molecule has 0 spiro atoms. The standard InChI is InChI=1S/C13H16BrFN4/c1-3-6-19-13(12(16)8(2)18-19)17-11-7-9(15)4-5-10(11)14/h4-5,7,17H,3,6,16H2,1-2H3. The summed E-state index contributed by atoms with van der Waals surface area (Å²) in [4.78, 5) is 0. The maximum atomic E-state index is 13.3. The largest absolute Gasteiger partial charge is 0.394 e. The van der Waals surface area contributed by atoms with Crippen LogP contribution in [0.25, 0.3) is 0 Å². The predicted molar refractivity (Wildman–Crippen MR) is 79.1 cm³/mol. The lowest BCUT2D eigenvalue weighted by molar-refractivity contribution is 0.605. The van der Waals surface area contributed by atoms with Gasteiger partial charge in [0.2, 0.25) is 0 Å². The highest BCUT2D eigenvalue weighted by Gasteiger charge is 2.13. The molecule has 1 heterocycles. The number of nitrogens with two attached hydrogens (primary N) is 1. The number of hydrogen-bond donors (Lipinski definition) is 2. The lowest BCUT2D eigenvalue weighted by atomic mass is 10.3. The number of benzene rings is 1. The Hall–Kier alpha value is -1.56. The molecule has 6 heteroatoms. The number of rotatable bonds is 4. The minimum atomic E-state index is -0.303. The van der Waals surface area contributed by atoms with Gasteiger partial charge < -0.3 is 11.1 Å². The van der Waals surface area contributed by atoms with Crippen molar-refractivity contribution in [1.82, 2.24) is 9.78 Å². The molecule has 0 saturated carbocycles. The van der Waals surface area contributed by atoms with Crippen LogP contribution in [0.15, 0.2) is 22.7 Å². The Morgan fingerprint density at radius 1 is 1.47 bits per heavy atom. The van der Waals surface area contributed by atoms with Crippen LogP contribution in [-0.2, 0) is 6.54 Å². The maximum absolute atomic E-state index is 13.3. The first-order valence-electron chi connectivity index (χ1n) is 6.08. The summed E-state index contributed by atoms with van der Waals surface area (Å²) in [5, 5.41) is 7.51. The molecular formula is C13H16BrFN4. The zero-order chi connectivity index (χ0) is 14.0. The summed E-state index contributed by atoms with van der Waals surface area (Å²) < 4.78 is 15.9. The Bertz CT molecular complexity index is 595. The first kappa shape index (κ1) is 13.9. The van der Waals surface area contributed by atoms with Gasteiger partial charge in [0.05, 0.1) is 17.1 Å². The average Bonchev–Trinajstić information content (AvgIpc) is 2.62. The fourth-order valence-corrected chi connectivity index (χ4v) is 2.17. The minimum Gasteiger partial charge on any atom is -0.394 e. The van der Waals surface area contributed by atoms with E-state index in [-0.39, 0.29) is 5.82 Å². The van der Waals surface area contributed by atoms with E-state index in [1.807, 2.05) is 11.6 Å². The molecule has 0 bridgehead atoms. The number of nitrogens with one attached hydrogen (secondary N) is 1. The summed E-state index contributed by atoms with van der Waals surface area (Å²) in [6.45, 7) is 4.68. The van der Waals surface area contributed by atoms with Gasteiger partial charge >= 0.3 is 0 Å². The first-order chi connectivity index (χ1) is 9.02. The molecule has 0 aliphatic heterocycles. The van der Waals surface area contributed by atoms with Crippen molar-refractivity contribution in [2.75, 3.05) is 11.1 Å². The van der Waals surface area contributed by atoms with Gasteiger partial charge in [-0.15, -0.1) is 0 Å². The number of aromatic nitrogens is 2. The Kier molecular flexibility index (Phi) is 4.09. The van der Waals surface area contributed by atoms with Crippen LogP contribution < -0.4 is 11.1 Å². The van der Waals surface area contributed by atoms with Crippen molar-refractivity contribution >= 4 is 33.1 Å². The highest BCUT2D eigenvalue weighted by atomic mass is 79.9. The molecule has 0 atom stereocenters. The average molecular weight is 327 g/mol. The van der Waals surface area contributed by atoms with Crippen molar-refractivity contribution in [2.45, 2.75) is 26.8 Å². The lowest BCUT2D eigenvalue weighted by Crippen LogP contribution is -2.06. The van der Waals surface area contributed by atoms with E-state index in [9.17, 15) is 4.39 Å². The molecule has 2 rings (SSSR count). The summed E-state index contributed by atoms with van der Waals surface area (Å²) in [7, 11) is 0. The van der Waals surface area contributed by atoms with Crippen LogP contribution in [0.1, 0.15) is 19.0 Å². The van der Waals surface area contributed by atoms with Gasteiger partial charge in [-0.1, -0.05) is 6.92 Å². The molecule has 0 aliphatic rings. The smallest absolute Gasteiger partial charge is 0.152 e.